The van der Waals surface area contributed by atoms with Crippen LogP contribution < -0.4 is 16.4 Å². The normalized spacial score (nSPS) is 11.3. The van der Waals surface area contributed by atoms with E-state index in [1.165, 1.54) is 25.2 Å². The Morgan fingerprint density at radius 2 is 2.20 bits per heavy atom. The molecule has 0 radical (unpaired) electrons. The fourth-order valence-corrected chi connectivity index (χ4v) is 1.43. The number of nitrogens with zero attached hydrogens (tertiary/aromatic N) is 1. The number of nitrogens with two attached hydrogens (primary N) is 1. The lowest BCUT2D eigenvalue weighted by atomic mass is 10.2. The van der Waals surface area contributed by atoms with E-state index in [1.807, 2.05) is 0 Å². The fourth-order valence-electron chi connectivity index (χ4n) is 1.27. The van der Waals surface area contributed by atoms with Crippen LogP contribution in [0.2, 0.25) is 0 Å². The molecule has 0 bridgehead atoms. The van der Waals surface area contributed by atoms with Crippen LogP contribution >= 0.6 is 12.2 Å². The van der Waals surface area contributed by atoms with Crippen LogP contribution in [0.25, 0.3) is 0 Å². The van der Waals surface area contributed by atoms with E-state index in [4.69, 9.17) is 22.7 Å². The zero-order valence-corrected chi connectivity index (χ0v) is 11.7. The van der Waals surface area contributed by atoms with Crippen LogP contribution in [0, 0.1) is 10.1 Å². The molecule has 9 heteroatoms. The van der Waals surface area contributed by atoms with Gasteiger partial charge in [0.1, 0.15) is 4.99 Å². The van der Waals surface area contributed by atoms with Crippen molar-refractivity contribution in [3.63, 3.8) is 0 Å². The molecule has 108 valence electrons. The zero-order chi connectivity index (χ0) is 15.3. The number of amides is 1. The highest BCUT2D eigenvalue weighted by Gasteiger charge is 2.16. The minimum atomic E-state index is -0.705. The number of hydrogen-bond acceptors (Lipinski definition) is 6. The first-order chi connectivity index (χ1) is 9.35. The summed E-state index contributed by atoms with van der Waals surface area (Å²) in [4.78, 5) is 21.4. The highest BCUT2D eigenvalue weighted by atomic mass is 32.1. The molecule has 8 nitrogen and oxygen atoms in total. The predicted octanol–water partition coefficient (Wildman–Crippen LogP) is 1.66. The Balaban J connectivity index is 2.82. The molecule has 0 saturated carbocycles. The lowest BCUT2D eigenvalue weighted by Gasteiger charge is -2.16. The van der Waals surface area contributed by atoms with Crippen molar-refractivity contribution < 1.29 is 14.5 Å². The Morgan fingerprint density at radius 3 is 2.75 bits per heavy atom. The number of ether oxygens (including phenoxy) is 1. The molecule has 1 atom stereocenters. The van der Waals surface area contributed by atoms with Gasteiger partial charge in [-0.3, -0.25) is 10.1 Å². The maximum atomic E-state index is 11.1. The number of thiocarbonyl (C=S) groups is 1. The first-order valence-corrected chi connectivity index (χ1v) is 5.99. The Bertz CT molecular complexity index is 549. The van der Waals surface area contributed by atoms with Gasteiger partial charge in [-0.05, 0) is 13.0 Å². The van der Waals surface area contributed by atoms with Gasteiger partial charge in [0.2, 0.25) is 0 Å². The summed E-state index contributed by atoms with van der Waals surface area (Å²) in [6, 6.07) is 3.94. The van der Waals surface area contributed by atoms with Gasteiger partial charge in [0.15, 0.2) is 6.10 Å². The van der Waals surface area contributed by atoms with Crippen molar-refractivity contribution >= 4 is 40.4 Å². The predicted molar refractivity (Wildman–Crippen MR) is 78.7 cm³/mol. The van der Waals surface area contributed by atoms with Crippen LogP contribution in [-0.4, -0.2) is 29.2 Å². The maximum Gasteiger partial charge on any atom is 0.407 e. The first-order valence-electron chi connectivity index (χ1n) is 5.58. The molecule has 1 rings (SSSR count). The highest BCUT2D eigenvalue weighted by Crippen LogP contribution is 2.24. The van der Waals surface area contributed by atoms with Gasteiger partial charge in [0.05, 0.1) is 16.3 Å². The van der Waals surface area contributed by atoms with E-state index in [9.17, 15) is 14.9 Å². The van der Waals surface area contributed by atoms with Gasteiger partial charge < -0.3 is 21.1 Å². The summed E-state index contributed by atoms with van der Waals surface area (Å²) >= 11 is 5.05. The van der Waals surface area contributed by atoms with Gasteiger partial charge in [0.25, 0.3) is 5.69 Å². The summed E-state index contributed by atoms with van der Waals surface area (Å²) in [6.45, 7) is 1.57. The van der Waals surface area contributed by atoms with Gasteiger partial charge in [-0.15, -0.1) is 0 Å². The number of non-ortho nitro benzene ring substituents is 1. The lowest BCUT2D eigenvalue weighted by Crippen LogP contribution is -2.32. The second kappa shape index (κ2) is 6.66. The van der Waals surface area contributed by atoms with Gasteiger partial charge in [-0.2, -0.15) is 0 Å². The molecular weight excluding hydrogens is 284 g/mol. The molecule has 0 aliphatic heterocycles. The third-order valence-corrected chi connectivity index (χ3v) is 2.80. The van der Waals surface area contributed by atoms with Crippen LogP contribution in [0.15, 0.2) is 18.2 Å². The van der Waals surface area contributed by atoms with Crippen molar-refractivity contribution in [1.29, 1.82) is 0 Å². The fraction of sp³-hybridized carbons (Fsp3) is 0.273. The van der Waals surface area contributed by atoms with Crippen molar-refractivity contribution in [2.24, 2.45) is 0 Å². The van der Waals surface area contributed by atoms with Gasteiger partial charge in [-0.1, -0.05) is 12.2 Å². The number of hydrogen-bond donors (Lipinski definition) is 3. The average molecular weight is 298 g/mol. The molecular formula is C11H14N4O4S. The topological polar surface area (TPSA) is 120 Å². The van der Waals surface area contributed by atoms with E-state index in [-0.39, 0.29) is 16.4 Å². The minimum Gasteiger partial charge on any atom is -0.439 e. The number of benzene rings is 1. The van der Waals surface area contributed by atoms with Crippen LogP contribution in [0.3, 0.4) is 0 Å². The van der Waals surface area contributed by atoms with Crippen LogP contribution in [0.5, 0.6) is 0 Å². The number of carbonyl (C=O) groups is 1. The molecule has 0 fully saturated rings. The highest BCUT2D eigenvalue weighted by molar-refractivity contribution is 7.80. The molecule has 4 N–H and O–H groups in total. The number of rotatable bonds is 4. The SMILES string of the molecule is CNC(=O)OC(C)C(=S)Nc1cc([N+](=O)[O-])ccc1N. The number of alkyl carbamates (subject to hydrolysis) is 1. The number of carbonyl (C=O) groups excluding carboxylic acids is 1. The number of nitrogen functional groups attached to an aromatic ring is 1. The molecule has 0 aromatic heterocycles. The smallest absolute Gasteiger partial charge is 0.407 e. The van der Waals surface area contributed by atoms with Crippen LogP contribution in [0.4, 0.5) is 21.9 Å². The molecule has 1 amide bonds. The maximum absolute atomic E-state index is 11.1. The molecule has 0 saturated heterocycles. The molecule has 1 aromatic carbocycles. The monoisotopic (exact) mass is 298 g/mol. The first kappa shape index (κ1) is 15.6. The Hall–Kier alpha value is -2.42. The Morgan fingerprint density at radius 1 is 1.55 bits per heavy atom. The van der Waals surface area contributed by atoms with Crippen molar-refractivity contribution in [3.05, 3.63) is 28.3 Å². The van der Waals surface area contributed by atoms with Crippen molar-refractivity contribution in [1.82, 2.24) is 5.32 Å². The third kappa shape index (κ3) is 4.05. The van der Waals surface area contributed by atoms with Crippen LogP contribution in [-0.2, 0) is 4.74 Å². The van der Waals surface area contributed by atoms with Crippen molar-refractivity contribution in [3.8, 4) is 0 Å². The molecule has 0 heterocycles. The largest absolute Gasteiger partial charge is 0.439 e. The standard InChI is InChI=1S/C11H14N4O4S/c1-6(19-11(16)13-2)10(20)14-9-5-7(15(17)18)3-4-8(9)12/h3-6H,12H2,1-2H3,(H,13,16)(H,14,20). The average Bonchev–Trinajstić information content (AvgIpc) is 2.40. The van der Waals surface area contributed by atoms with E-state index in [0.717, 1.165) is 0 Å². The summed E-state index contributed by atoms with van der Waals surface area (Å²) in [6.07, 6.45) is -1.34. The Labute approximate surface area is 120 Å². The van der Waals surface area contributed by atoms with Crippen molar-refractivity contribution in [2.75, 3.05) is 18.1 Å². The molecule has 0 spiro atoms. The number of nitro benzene ring substituents is 1. The van der Waals surface area contributed by atoms with Gasteiger partial charge in [0, 0.05) is 19.2 Å². The lowest BCUT2D eigenvalue weighted by molar-refractivity contribution is -0.384. The van der Waals surface area contributed by atoms with E-state index in [0.29, 0.717) is 5.69 Å². The van der Waals surface area contributed by atoms with E-state index < -0.39 is 17.1 Å². The van der Waals surface area contributed by atoms with E-state index in [1.54, 1.807) is 6.92 Å². The van der Waals surface area contributed by atoms with E-state index >= 15 is 0 Å². The summed E-state index contributed by atoms with van der Waals surface area (Å²) < 4.78 is 4.92. The van der Waals surface area contributed by atoms with Crippen LogP contribution in [0.1, 0.15) is 6.92 Å². The van der Waals surface area contributed by atoms with E-state index in [2.05, 4.69) is 10.6 Å². The summed E-state index contributed by atoms with van der Waals surface area (Å²) in [5.41, 5.74) is 6.16. The molecule has 0 aliphatic rings. The molecule has 1 unspecified atom stereocenters. The summed E-state index contributed by atoms with van der Waals surface area (Å²) in [5.74, 6) is 0. The second-order valence-electron chi connectivity index (χ2n) is 3.82. The number of nitrogens with one attached hydrogen (secondary N) is 2. The molecule has 1 aromatic rings. The Kier molecular flexibility index (Phi) is 5.21. The number of nitro groups is 1. The molecule has 20 heavy (non-hydrogen) atoms. The van der Waals surface area contributed by atoms with Gasteiger partial charge in [-0.25, -0.2) is 4.79 Å². The van der Waals surface area contributed by atoms with Crippen molar-refractivity contribution in [2.45, 2.75) is 13.0 Å². The zero-order valence-electron chi connectivity index (χ0n) is 10.9. The molecule has 0 aliphatic carbocycles. The quantitative estimate of drug-likeness (QED) is 0.334. The third-order valence-electron chi connectivity index (χ3n) is 2.36. The summed E-state index contributed by atoms with van der Waals surface area (Å²) in [7, 11) is 1.42. The minimum absolute atomic E-state index is 0.121. The second-order valence-corrected chi connectivity index (χ2v) is 4.26. The summed E-state index contributed by atoms with van der Waals surface area (Å²) in [5, 5.41) is 15.7. The van der Waals surface area contributed by atoms with Gasteiger partial charge >= 0.3 is 6.09 Å². The number of anilines is 2.